The van der Waals surface area contributed by atoms with Crippen molar-refractivity contribution in [3.05, 3.63) is 46.2 Å². The van der Waals surface area contributed by atoms with Crippen molar-refractivity contribution in [3.8, 4) is 0 Å². The summed E-state index contributed by atoms with van der Waals surface area (Å²) in [6, 6.07) is 3.91. The second-order valence-electron chi connectivity index (χ2n) is 6.20. The molecule has 1 atom stereocenters. The summed E-state index contributed by atoms with van der Waals surface area (Å²) in [6.07, 6.45) is 5.13. The predicted octanol–water partition coefficient (Wildman–Crippen LogP) is 3.40. The molecule has 1 unspecified atom stereocenters. The van der Waals surface area contributed by atoms with E-state index < -0.39 is 0 Å². The van der Waals surface area contributed by atoms with Crippen molar-refractivity contribution in [2.24, 2.45) is 0 Å². The van der Waals surface area contributed by atoms with Crippen LogP contribution in [0.15, 0.2) is 24.5 Å². The van der Waals surface area contributed by atoms with E-state index in [1.807, 2.05) is 26.0 Å². The molecule has 0 saturated carbocycles. The molecule has 6 nitrogen and oxygen atoms in total. The number of benzene rings is 1. The Morgan fingerprint density at radius 3 is 2.72 bits per heavy atom. The molecule has 0 radical (unpaired) electrons. The number of aryl methyl sites for hydroxylation is 2. The summed E-state index contributed by atoms with van der Waals surface area (Å²) >= 11 is 6.28. The Bertz CT molecular complexity index is 735. The Morgan fingerprint density at radius 1 is 1.32 bits per heavy atom. The molecule has 0 spiro atoms. The van der Waals surface area contributed by atoms with Crippen molar-refractivity contribution in [1.82, 2.24) is 15.3 Å². The lowest BCUT2D eigenvalue weighted by molar-refractivity contribution is 0.0857. The quantitative estimate of drug-likeness (QED) is 0.854. The SMILES string of the molecule is Cc1cc(C)c(Nc2ncc(C(=O)NCC3CCCO3)cn2)c(Cl)c1. The lowest BCUT2D eigenvalue weighted by Crippen LogP contribution is -2.31. The van der Waals surface area contributed by atoms with Gasteiger partial charge in [-0.1, -0.05) is 17.7 Å². The molecule has 0 aliphatic carbocycles. The molecular formula is C18H21ClN4O2. The molecule has 2 aromatic rings. The van der Waals surface area contributed by atoms with Crippen molar-refractivity contribution in [3.63, 3.8) is 0 Å². The highest BCUT2D eigenvalue weighted by Gasteiger charge is 2.17. The van der Waals surface area contributed by atoms with Crippen LogP contribution in [0, 0.1) is 13.8 Å². The molecule has 25 heavy (non-hydrogen) atoms. The normalized spacial score (nSPS) is 16.7. The fourth-order valence-electron chi connectivity index (χ4n) is 2.81. The van der Waals surface area contributed by atoms with Crippen LogP contribution in [-0.4, -0.2) is 35.1 Å². The summed E-state index contributed by atoms with van der Waals surface area (Å²) in [7, 11) is 0. The van der Waals surface area contributed by atoms with E-state index in [9.17, 15) is 4.79 Å². The molecule has 1 aromatic heterocycles. The number of anilines is 2. The van der Waals surface area contributed by atoms with Gasteiger partial charge in [0.15, 0.2) is 0 Å². The van der Waals surface area contributed by atoms with Crippen LogP contribution in [0.1, 0.15) is 34.3 Å². The zero-order valence-electron chi connectivity index (χ0n) is 14.3. The zero-order valence-corrected chi connectivity index (χ0v) is 15.1. The van der Waals surface area contributed by atoms with Gasteiger partial charge in [0, 0.05) is 25.5 Å². The number of hydrogen-bond donors (Lipinski definition) is 2. The van der Waals surface area contributed by atoms with Crippen molar-refractivity contribution >= 4 is 29.1 Å². The van der Waals surface area contributed by atoms with Crippen LogP contribution in [-0.2, 0) is 4.74 Å². The molecular weight excluding hydrogens is 340 g/mol. The highest BCUT2D eigenvalue weighted by atomic mass is 35.5. The van der Waals surface area contributed by atoms with Crippen molar-refractivity contribution in [2.45, 2.75) is 32.8 Å². The number of nitrogens with zero attached hydrogens (tertiary/aromatic N) is 2. The second kappa shape index (κ2) is 7.80. The zero-order chi connectivity index (χ0) is 17.8. The highest BCUT2D eigenvalue weighted by Crippen LogP contribution is 2.29. The lowest BCUT2D eigenvalue weighted by atomic mass is 10.1. The van der Waals surface area contributed by atoms with Crippen LogP contribution >= 0.6 is 11.6 Å². The minimum absolute atomic E-state index is 0.109. The van der Waals surface area contributed by atoms with Gasteiger partial charge >= 0.3 is 0 Å². The summed E-state index contributed by atoms with van der Waals surface area (Å²) in [5, 5.41) is 6.56. The maximum atomic E-state index is 12.1. The van der Waals surface area contributed by atoms with Gasteiger partial charge in [-0.15, -0.1) is 0 Å². The van der Waals surface area contributed by atoms with Crippen LogP contribution in [0.2, 0.25) is 5.02 Å². The van der Waals surface area contributed by atoms with Crippen LogP contribution in [0.3, 0.4) is 0 Å². The van der Waals surface area contributed by atoms with Gasteiger partial charge in [0.2, 0.25) is 5.95 Å². The van der Waals surface area contributed by atoms with E-state index in [1.54, 1.807) is 0 Å². The van der Waals surface area contributed by atoms with Gasteiger partial charge in [-0.05, 0) is 43.9 Å². The third-order valence-electron chi connectivity index (χ3n) is 4.10. The molecule has 1 aliphatic rings. The predicted molar refractivity (Wildman–Crippen MR) is 97.5 cm³/mol. The van der Waals surface area contributed by atoms with Gasteiger partial charge in [-0.25, -0.2) is 9.97 Å². The topological polar surface area (TPSA) is 76.1 Å². The van der Waals surface area contributed by atoms with Gasteiger partial charge < -0.3 is 15.4 Å². The van der Waals surface area contributed by atoms with E-state index in [2.05, 4.69) is 20.6 Å². The summed E-state index contributed by atoms with van der Waals surface area (Å²) < 4.78 is 5.49. The molecule has 3 rings (SSSR count). The Hall–Kier alpha value is -2.18. The number of aromatic nitrogens is 2. The maximum absolute atomic E-state index is 12.1. The molecule has 1 fully saturated rings. The smallest absolute Gasteiger partial charge is 0.254 e. The number of ether oxygens (including phenoxy) is 1. The van der Waals surface area contributed by atoms with Crippen molar-refractivity contribution < 1.29 is 9.53 Å². The van der Waals surface area contributed by atoms with Crippen molar-refractivity contribution in [2.75, 3.05) is 18.5 Å². The standard InChI is InChI=1S/C18H21ClN4O2/c1-11-6-12(2)16(15(19)7-11)23-18-21-8-13(9-22-18)17(24)20-10-14-4-3-5-25-14/h6-9,14H,3-5,10H2,1-2H3,(H,20,24)(H,21,22,23). The fourth-order valence-corrected chi connectivity index (χ4v) is 3.18. The third-order valence-corrected chi connectivity index (χ3v) is 4.39. The first-order chi connectivity index (χ1) is 12.0. The first kappa shape index (κ1) is 17.6. The monoisotopic (exact) mass is 360 g/mol. The van der Waals surface area contributed by atoms with Gasteiger partial charge in [-0.3, -0.25) is 4.79 Å². The molecule has 7 heteroatoms. The molecule has 2 heterocycles. The molecule has 132 valence electrons. The maximum Gasteiger partial charge on any atom is 0.254 e. The van der Waals surface area contributed by atoms with Gasteiger partial charge in [-0.2, -0.15) is 0 Å². The second-order valence-corrected chi connectivity index (χ2v) is 6.61. The first-order valence-electron chi connectivity index (χ1n) is 8.28. The van der Waals surface area contributed by atoms with Crippen LogP contribution in [0.5, 0.6) is 0 Å². The highest BCUT2D eigenvalue weighted by molar-refractivity contribution is 6.33. The van der Waals surface area contributed by atoms with E-state index in [-0.39, 0.29) is 12.0 Å². The molecule has 0 bridgehead atoms. The van der Waals surface area contributed by atoms with Gasteiger partial charge in [0.1, 0.15) is 0 Å². The average Bonchev–Trinajstić information content (AvgIpc) is 3.10. The van der Waals surface area contributed by atoms with E-state index in [1.165, 1.54) is 12.4 Å². The summed E-state index contributed by atoms with van der Waals surface area (Å²) in [5.41, 5.74) is 3.28. The molecule has 1 saturated heterocycles. The Kier molecular flexibility index (Phi) is 5.50. The molecule has 1 aromatic carbocycles. The van der Waals surface area contributed by atoms with E-state index in [4.69, 9.17) is 16.3 Å². The molecule has 1 amide bonds. The lowest BCUT2D eigenvalue weighted by Gasteiger charge is -2.12. The summed E-state index contributed by atoms with van der Waals surface area (Å²) in [5.74, 6) is 0.191. The third kappa shape index (κ3) is 4.46. The van der Waals surface area contributed by atoms with Crippen LogP contribution in [0.4, 0.5) is 11.6 Å². The number of hydrogen-bond acceptors (Lipinski definition) is 5. The van der Waals surface area contributed by atoms with Crippen LogP contribution in [0.25, 0.3) is 0 Å². The van der Waals surface area contributed by atoms with Crippen molar-refractivity contribution in [1.29, 1.82) is 0 Å². The molecule has 1 aliphatic heterocycles. The Labute approximate surface area is 152 Å². The summed E-state index contributed by atoms with van der Waals surface area (Å²) in [6.45, 7) is 5.24. The number of rotatable bonds is 5. The minimum Gasteiger partial charge on any atom is -0.376 e. The first-order valence-corrected chi connectivity index (χ1v) is 8.66. The number of amides is 1. The van der Waals surface area contributed by atoms with Gasteiger partial charge in [0.05, 0.1) is 22.4 Å². The van der Waals surface area contributed by atoms with E-state index in [0.29, 0.717) is 23.1 Å². The average molecular weight is 361 g/mol. The Morgan fingerprint density at radius 2 is 2.08 bits per heavy atom. The van der Waals surface area contributed by atoms with Gasteiger partial charge in [0.25, 0.3) is 5.91 Å². The largest absolute Gasteiger partial charge is 0.376 e. The summed E-state index contributed by atoms with van der Waals surface area (Å²) in [4.78, 5) is 20.5. The number of nitrogens with one attached hydrogen (secondary N) is 2. The van der Waals surface area contributed by atoms with E-state index in [0.717, 1.165) is 36.3 Å². The fraction of sp³-hybridized carbons (Fsp3) is 0.389. The van der Waals surface area contributed by atoms with E-state index >= 15 is 0 Å². The minimum atomic E-state index is -0.202. The Balaban J connectivity index is 1.63. The number of carbonyl (C=O) groups is 1. The number of carbonyl (C=O) groups excluding carboxylic acids is 1. The number of halogens is 1. The van der Waals surface area contributed by atoms with Crippen LogP contribution < -0.4 is 10.6 Å². The molecule has 2 N–H and O–H groups in total.